The molecule has 35 heavy (non-hydrogen) atoms. The third-order valence-corrected chi connectivity index (χ3v) is 6.16. The molecule has 0 fully saturated rings. The van der Waals surface area contributed by atoms with Crippen molar-refractivity contribution < 1.29 is 9.59 Å². The lowest BCUT2D eigenvalue weighted by Crippen LogP contribution is -2.32. The molecule has 1 aliphatic rings. The van der Waals surface area contributed by atoms with Crippen LogP contribution < -0.4 is 21.8 Å². The molecule has 0 radical (unpaired) electrons. The van der Waals surface area contributed by atoms with Gasteiger partial charge in [0.15, 0.2) is 0 Å². The van der Waals surface area contributed by atoms with Crippen LogP contribution in [-0.2, 0) is 0 Å². The first-order chi connectivity index (χ1) is 16.7. The normalized spacial score (nSPS) is 18.0. The molecule has 0 bridgehead atoms. The molecule has 2 atom stereocenters. The molecule has 2 unspecified atom stereocenters. The number of carbonyl (C=O) groups excluding carboxylic acids is 2. The fourth-order valence-electron chi connectivity index (χ4n) is 4.17. The van der Waals surface area contributed by atoms with Crippen LogP contribution in [0.3, 0.4) is 0 Å². The van der Waals surface area contributed by atoms with Crippen molar-refractivity contribution in [3.8, 4) is 0 Å². The standard InChI is InChI=1S/C26H41N7O2/c1-7-9-10-19(20(15-27)21-16-30-32-22(21)8-2)11-12-28-26(35)24-17(3)23(18(4)31-24)25(34)29-13-14-33(5)6/h8,11,15-16,21-22,31-32H,2,7,9-10,12-14,27H2,1,3-6H3,(H,28,35)(H,29,34)/b19-11-,20-15+. The molecule has 9 nitrogen and oxygen atoms in total. The number of nitrogens with two attached hydrogens (primary N) is 1. The maximum Gasteiger partial charge on any atom is 0.268 e. The molecule has 1 aliphatic heterocycles. The Morgan fingerprint density at radius 1 is 1.26 bits per heavy atom. The maximum absolute atomic E-state index is 13.0. The molecular formula is C26H41N7O2. The van der Waals surface area contributed by atoms with E-state index < -0.39 is 0 Å². The van der Waals surface area contributed by atoms with Crippen LogP contribution in [0.2, 0.25) is 0 Å². The summed E-state index contributed by atoms with van der Waals surface area (Å²) in [6, 6.07) is -0.0174. The molecule has 6 N–H and O–H groups in total. The summed E-state index contributed by atoms with van der Waals surface area (Å²) in [6.07, 6.45) is 10.2. The molecule has 2 rings (SSSR count). The predicted octanol–water partition coefficient (Wildman–Crippen LogP) is 2.37. The molecule has 0 saturated carbocycles. The van der Waals surface area contributed by atoms with Gasteiger partial charge in [-0.05, 0) is 63.7 Å². The van der Waals surface area contributed by atoms with Crippen LogP contribution in [0.4, 0.5) is 0 Å². The lowest BCUT2D eigenvalue weighted by Gasteiger charge is -2.20. The molecule has 2 heterocycles. The average Bonchev–Trinajstić information content (AvgIpc) is 3.40. The highest BCUT2D eigenvalue weighted by Gasteiger charge is 2.27. The number of nitrogens with one attached hydrogen (secondary N) is 4. The number of allylic oxidation sites excluding steroid dienone is 1. The minimum atomic E-state index is -0.254. The summed E-state index contributed by atoms with van der Waals surface area (Å²) in [5, 5.41) is 10.0. The lowest BCUT2D eigenvalue weighted by molar-refractivity contribution is 0.0947. The second-order valence-corrected chi connectivity index (χ2v) is 9.04. The van der Waals surface area contributed by atoms with Crippen LogP contribution in [0.5, 0.6) is 0 Å². The van der Waals surface area contributed by atoms with Gasteiger partial charge in [-0.1, -0.05) is 25.5 Å². The van der Waals surface area contributed by atoms with E-state index in [9.17, 15) is 9.59 Å². The van der Waals surface area contributed by atoms with E-state index in [0.29, 0.717) is 35.6 Å². The summed E-state index contributed by atoms with van der Waals surface area (Å²) in [7, 11) is 3.90. The summed E-state index contributed by atoms with van der Waals surface area (Å²) in [5.41, 5.74) is 13.4. The molecule has 192 valence electrons. The number of hydrazone groups is 1. The minimum Gasteiger partial charge on any atom is -0.404 e. The Labute approximate surface area is 209 Å². The van der Waals surface area contributed by atoms with Crippen molar-refractivity contribution in [1.82, 2.24) is 25.9 Å². The number of H-pyrrole nitrogens is 1. The highest BCUT2D eigenvalue weighted by molar-refractivity contribution is 6.02. The van der Waals surface area contributed by atoms with Gasteiger partial charge >= 0.3 is 0 Å². The van der Waals surface area contributed by atoms with Gasteiger partial charge in [0.25, 0.3) is 11.8 Å². The number of hydrogen-bond acceptors (Lipinski definition) is 6. The largest absolute Gasteiger partial charge is 0.404 e. The predicted molar refractivity (Wildman–Crippen MR) is 142 cm³/mol. The van der Waals surface area contributed by atoms with Gasteiger partial charge in [0.2, 0.25) is 0 Å². The topological polar surface area (TPSA) is 128 Å². The van der Waals surface area contributed by atoms with Gasteiger partial charge in [-0.15, -0.1) is 6.58 Å². The number of aromatic nitrogens is 1. The van der Waals surface area contributed by atoms with E-state index in [4.69, 9.17) is 5.73 Å². The third-order valence-electron chi connectivity index (χ3n) is 6.16. The molecule has 2 amide bonds. The molecule has 0 aromatic carbocycles. The first-order valence-corrected chi connectivity index (χ1v) is 12.2. The number of carbonyl (C=O) groups is 2. The Kier molecular flexibility index (Phi) is 10.8. The van der Waals surface area contributed by atoms with Crippen LogP contribution >= 0.6 is 0 Å². The molecular weight excluding hydrogens is 442 g/mol. The Hall–Kier alpha value is -3.33. The van der Waals surface area contributed by atoms with Crippen molar-refractivity contribution in [2.45, 2.75) is 46.1 Å². The van der Waals surface area contributed by atoms with E-state index in [1.807, 2.05) is 37.4 Å². The number of amides is 2. The van der Waals surface area contributed by atoms with E-state index in [2.05, 4.69) is 39.6 Å². The van der Waals surface area contributed by atoms with Crippen molar-refractivity contribution >= 4 is 18.0 Å². The monoisotopic (exact) mass is 483 g/mol. The number of nitrogens with zero attached hydrogens (tertiary/aromatic N) is 2. The fraction of sp³-hybridized carbons (Fsp3) is 0.500. The first-order valence-electron chi connectivity index (χ1n) is 12.2. The minimum absolute atomic E-state index is 0.00169. The molecule has 9 heteroatoms. The van der Waals surface area contributed by atoms with Crippen LogP contribution in [0.15, 0.2) is 41.2 Å². The molecule has 1 aromatic rings. The van der Waals surface area contributed by atoms with Gasteiger partial charge in [0, 0.05) is 37.5 Å². The zero-order valence-electron chi connectivity index (χ0n) is 21.7. The van der Waals surface area contributed by atoms with E-state index in [1.54, 1.807) is 20.0 Å². The second-order valence-electron chi connectivity index (χ2n) is 9.04. The van der Waals surface area contributed by atoms with Crippen LogP contribution in [0, 0.1) is 19.8 Å². The van der Waals surface area contributed by atoms with Crippen molar-refractivity contribution in [3.63, 3.8) is 0 Å². The fourth-order valence-corrected chi connectivity index (χ4v) is 4.17. The van der Waals surface area contributed by atoms with Gasteiger partial charge < -0.3 is 31.7 Å². The zero-order chi connectivity index (χ0) is 26.0. The number of aromatic amines is 1. The van der Waals surface area contributed by atoms with Crippen molar-refractivity contribution in [2.24, 2.45) is 16.8 Å². The number of aryl methyl sites for hydroxylation is 1. The van der Waals surface area contributed by atoms with Gasteiger partial charge in [-0.3, -0.25) is 9.59 Å². The maximum atomic E-state index is 13.0. The van der Waals surface area contributed by atoms with E-state index >= 15 is 0 Å². The Morgan fingerprint density at radius 2 is 2.00 bits per heavy atom. The number of rotatable bonds is 13. The molecule has 1 aromatic heterocycles. The van der Waals surface area contributed by atoms with Crippen molar-refractivity contribution in [3.05, 3.63) is 58.6 Å². The summed E-state index contributed by atoms with van der Waals surface area (Å²) >= 11 is 0. The summed E-state index contributed by atoms with van der Waals surface area (Å²) in [4.78, 5) is 30.7. The summed E-state index contributed by atoms with van der Waals surface area (Å²) in [6.45, 7) is 11.2. The zero-order valence-corrected chi connectivity index (χ0v) is 21.7. The van der Waals surface area contributed by atoms with E-state index in [-0.39, 0.29) is 23.8 Å². The van der Waals surface area contributed by atoms with Crippen LogP contribution in [0.1, 0.15) is 58.3 Å². The summed E-state index contributed by atoms with van der Waals surface area (Å²) < 4.78 is 0. The van der Waals surface area contributed by atoms with Crippen molar-refractivity contribution in [2.75, 3.05) is 33.7 Å². The third kappa shape index (κ3) is 7.32. The average molecular weight is 484 g/mol. The summed E-state index contributed by atoms with van der Waals surface area (Å²) in [5.74, 6) is -0.436. The molecule has 0 aliphatic carbocycles. The number of hydrogen-bond donors (Lipinski definition) is 5. The molecule has 0 spiro atoms. The lowest BCUT2D eigenvalue weighted by atomic mass is 9.86. The van der Waals surface area contributed by atoms with Crippen LogP contribution in [-0.4, -0.2) is 67.7 Å². The number of unbranched alkanes of at least 4 members (excludes halogenated alkanes) is 1. The Balaban J connectivity index is 2.12. The van der Waals surface area contributed by atoms with E-state index in [0.717, 1.165) is 37.0 Å². The van der Waals surface area contributed by atoms with E-state index in [1.165, 1.54) is 0 Å². The second kappa shape index (κ2) is 13.5. The highest BCUT2D eigenvalue weighted by atomic mass is 16.2. The number of likely N-dealkylation sites (N-methyl/N-ethyl adjacent to an activating group) is 1. The SMILES string of the molecule is C=CC1NN=CC1C(=C/N)/C(=C\CNC(=O)c1[nH]c(C)c(C(=O)NCCN(C)C)c1C)CCCC. The Bertz CT molecular complexity index is 988. The quantitative estimate of drug-likeness (QED) is 0.217. The molecule has 0 saturated heterocycles. The van der Waals surface area contributed by atoms with Crippen LogP contribution in [0.25, 0.3) is 0 Å². The van der Waals surface area contributed by atoms with Gasteiger partial charge in [-0.25, -0.2) is 0 Å². The first kappa shape index (κ1) is 27.9. The van der Waals surface area contributed by atoms with Gasteiger partial charge in [0.05, 0.1) is 11.6 Å². The highest BCUT2D eigenvalue weighted by Crippen LogP contribution is 2.27. The Morgan fingerprint density at radius 3 is 2.63 bits per heavy atom. The van der Waals surface area contributed by atoms with Crippen molar-refractivity contribution in [1.29, 1.82) is 0 Å². The van der Waals surface area contributed by atoms with Gasteiger partial charge in [-0.2, -0.15) is 5.10 Å². The smallest absolute Gasteiger partial charge is 0.268 e. The van der Waals surface area contributed by atoms with Gasteiger partial charge in [0.1, 0.15) is 5.69 Å².